The van der Waals surface area contributed by atoms with Gasteiger partial charge in [-0.25, -0.2) is 4.79 Å². The van der Waals surface area contributed by atoms with Crippen LogP contribution < -0.4 is 15.9 Å². The minimum atomic E-state index is -0.696. The number of carbonyl (C=O) groups excluding carboxylic acids is 1. The Morgan fingerprint density at radius 1 is 1.09 bits per heavy atom. The van der Waals surface area contributed by atoms with Crippen molar-refractivity contribution >= 4 is 16.9 Å². The van der Waals surface area contributed by atoms with E-state index in [1.165, 1.54) is 0 Å². The third kappa shape index (κ3) is 3.65. The maximum absolute atomic E-state index is 13.4. The molecule has 0 N–H and O–H groups in total. The molecular formula is C26H28N2O5. The summed E-state index contributed by atoms with van der Waals surface area (Å²) in [6, 6.07) is 9.09. The van der Waals surface area contributed by atoms with Crippen LogP contribution in [0.15, 0.2) is 44.3 Å². The molecule has 7 nitrogen and oxygen atoms in total. The third-order valence-corrected chi connectivity index (χ3v) is 7.10. The number of amides is 1. The van der Waals surface area contributed by atoms with Crippen LogP contribution >= 0.6 is 0 Å². The maximum atomic E-state index is 13.4. The van der Waals surface area contributed by atoms with Crippen LogP contribution in [0.25, 0.3) is 11.0 Å². The molecule has 1 unspecified atom stereocenters. The van der Waals surface area contributed by atoms with Gasteiger partial charge in [-0.1, -0.05) is 6.07 Å². The van der Waals surface area contributed by atoms with E-state index in [0.29, 0.717) is 36.5 Å². The first kappa shape index (κ1) is 21.5. The van der Waals surface area contributed by atoms with Gasteiger partial charge in [0.1, 0.15) is 11.3 Å². The Bertz CT molecular complexity index is 1390. The van der Waals surface area contributed by atoms with E-state index in [2.05, 4.69) is 0 Å². The number of nitrogens with zero attached hydrogens (tertiary/aromatic N) is 2. The molecule has 2 aliphatic rings. The zero-order valence-corrected chi connectivity index (χ0v) is 19.4. The molecule has 4 heterocycles. The van der Waals surface area contributed by atoms with Crippen molar-refractivity contribution in [2.24, 2.45) is 5.92 Å². The predicted molar refractivity (Wildman–Crippen MR) is 125 cm³/mol. The minimum Gasteiger partial charge on any atom is -0.480 e. The summed E-state index contributed by atoms with van der Waals surface area (Å²) in [6.07, 6.45) is 0.293. The first-order valence-electron chi connectivity index (χ1n) is 11.4. The molecule has 33 heavy (non-hydrogen) atoms. The molecule has 1 aromatic carbocycles. The quantitative estimate of drug-likeness (QED) is 0.575. The normalized spacial score (nSPS) is 20.4. The van der Waals surface area contributed by atoms with E-state index >= 15 is 0 Å². The monoisotopic (exact) mass is 448 g/mol. The largest absolute Gasteiger partial charge is 0.480 e. The summed E-state index contributed by atoms with van der Waals surface area (Å²) in [4.78, 5) is 39.7. The van der Waals surface area contributed by atoms with E-state index in [1.807, 2.05) is 41.5 Å². The zero-order valence-electron chi connectivity index (χ0n) is 19.4. The van der Waals surface area contributed by atoms with Gasteiger partial charge in [0.15, 0.2) is 6.10 Å². The van der Waals surface area contributed by atoms with Crippen molar-refractivity contribution in [3.63, 3.8) is 0 Å². The van der Waals surface area contributed by atoms with Crippen LogP contribution in [0.4, 0.5) is 0 Å². The Morgan fingerprint density at radius 3 is 2.67 bits per heavy atom. The molecule has 2 aliphatic heterocycles. The van der Waals surface area contributed by atoms with Crippen LogP contribution in [0.3, 0.4) is 0 Å². The van der Waals surface area contributed by atoms with Crippen LogP contribution in [0, 0.1) is 26.7 Å². The van der Waals surface area contributed by atoms with Crippen molar-refractivity contribution < 1.29 is 13.9 Å². The van der Waals surface area contributed by atoms with Gasteiger partial charge in [-0.3, -0.25) is 9.59 Å². The second kappa shape index (κ2) is 7.90. The predicted octanol–water partition coefficient (Wildman–Crippen LogP) is 3.29. The van der Waals surface area contributed by atoms with Gasteiger partial charge in [0.25, 0.3) is 11.5 Å². The zero-order chi connectivity index (χ0) is 23.4. The standard InChI is InChI=1S/C26H28N2O5/c1-14-8-21(24-15(2)16(3)26(31)33-22(24)9-14)32-17(4)25(30)27-11-18-10-19(13-27)20-6-5-7-23(29)28(20)12-18/h5-9,17-19H,10-13H2,1-4H3/t17?,18-,19-/m1/s1. The molecule has 2 aromatic heterocycles. The van der Waals surface area contributed by atoms with Crippen LogP contribution in [0.1, 0.15) is 41.6 Å². The van der Waals surface area contributed by atoms with Gasteiger partial charge in [0.2, 0.25) is 0 Å². The lowest BCUT2D eigenvalue weighted by Gasteiger charge is -2.43. The average molecular weight is 449 g/mol. The van der Waals surface area contributed by atoms with Crippen molar-refractivity contribution in [2.45, 2.75) is 52.7 Å². The second-order valence-electron chi connectivity index (χ2n) is 9.48. The van der Waals surface area contributed by atoms with Crippen molar-refractivity contribution in [2.75, 3.05) is 13.1 Å². The molecular weight excluding hydrogens is 420 g/mol. The summed E-state index contributed by atoms with van der Waals surface area (Å²) < 4.78 is 13.5. The topological polar surface area (TPSA) is 81.8 Å². The SMILES string of the molecule is Cc1cc(OC(C)C(=O)N2C[C@H]3C[C@H](C2)c2cccc(=O)n2C3)c2c(C)c(C)c(=O)oc2c1. The lowest BCUT2D eigenvalue weighted by atomic mass is 9.83. The molecule has 0 radical (unpaired) electrons. The van der Waals surface area contributed by atoms with E-state index < -0.39 is 6.10 Å². The Labute approximate surface area is 191 Å². The van der Waals surface area contributed by atoms with Crippen molar-refractivity contribution in [3.8, 4) is 5.75 Å². The number of pyridine rings is 1. The van der Waals surface area contributed by atoms with Crippen LogP contribution in [0.5, 0.6) is 5.75 Å². The van der Waals surface area contributed by atoms with E-state index in [-0.39, 0.29) is 28.9 Å². The van der Waals surface area contributed by atoms with E-state index in [9.17, 15) is 14.4 Å². The third-order valence-electron chi connectivity index (χ3n) is 7.10. The number of benzene rings is 1. The average Bonchev–Trinajstić information content (AvgIpc) is 2.77. The van der Waals surface area contributed by atoms with Gasteiger partial charge in [-0.15, -0.1) is 0 Å². The Kier molecular flexibility index (Phi) is 5.15. The number of aromatic nitrogens is 1. The number of carbonyl (C=O) groups is 1. The number of aryl methyl sites for hydroxylation is 2. The van der Waals surface area contributed by atoms with E-state index in [0.717, 1.165) is 28.6 Å². The summed E-state index contributed by atoms with van der Waals surface area (Å²) in [5.74, 6) is 0.884. The van der Waals surface area contributed by atoms with E-state index in [1.54, 1.807) is 26.0 Å². The molecule has 1 saturated heterocycles. The minimum absolute atomic E-state index is 0.0299. The molecule has 1 fully saturated rings. The van der Waals surface area contributed by atoms with Crippen LogP contribution in [-0.2, 0) is 11.3 Å². The summed E-state index contributed by atoms with van der Waals surface area (Å²) in [7, 11) is 0. The van der Waals surface area contributed by atoms with Crippen molar-refractivity contribution in [1.29, 1.82) is 0 Å². The molecule has 3 aromatic rings. The number of rotatable bonds is 3. The Balaban J connectivity index is 1.42. The second-order valence-corrected chi connectivity index (χ2v) is 9.48. The highest BCUT2D eigenvalue weighted by Gasteiger charge is 2.37. The van der Waals surface area contributed by atoms with Crippen LogP contribution in [-0.4, -0.2) is 34.6 Å². The molecule has 0 spiro atoms. The van der Waals surface area contributed by atoms with Gasteiger partial charge in [-0.05, 0) is 69.4 Å². The summed E-state index contributed by atoms with van der Waals surface area (Å²) in [5.41, 5.74) is 3.36. The molecule has 7 heteroatoms. The molecule has 2 bridgehead atoms. The van der Waals surface area contributed by atoms with Crippen molar-refractivity contribution in [1.82, 2.24) is 9.47 Å². The molecule has 0 aliphatic carbocycles. The molecule has 3 atom stereocenters. The summed E-state index contributed by atoms with van der Waals surface area (Å²) in [5, 5.41) is 0.723. The lowest BCUT2D eigenvalue weighted by Crippen LogP contribution is -2.52. The number of hydrogen-bond acceptors (Lipinski definition) is 5. The summed E-state index contributed by atoms with van der Waals surface area (Å²) in [6.45, 7) is 9.10. The fourth-order valence-corrected chi connectivity index (χ4v) is 5.36. The van der Waals surface area contributed by atoms with E-state index in [4.69, 9.17) is 9.15 Å². The van der Waals surface area contributed by atoms with Crippen molar-refractivity contribution in [3.05, 3.63) is 73.5 Å². The first-order chi connectivity index (χ1) is 15.7. The molecule has 0 saturated carbocycles. The lowest BCUT2D eigenvalue weighted by molar-refractivity contribution is -0.140. The van der Waals surface area contributed by atoms with Gasteiger partial charge in [0, 0.05) is 42.9 Å². The first-order valence-corrected chi connectivity index (χ1v) is 11.4. The van der Waals surface area contributed by atoms with Gasteiger partial charge in [0.05, 0.1) is 5.39 Å². The molecule has 172 valence electrons. The molecule has 5 rings (SSSR count). The van der Waals surface area contributed by atoms with Gasteiger partial charge in [-0.2, -0.15) is 0 Å². The number of ether oxygens (including phenoxy) is 1. The highest BCUT2D eigenvalue weighted by atomic mass is 16.5. The number of piperidine rings is 1. The summed E-state index contributed by atoms with van der Waals surface area (Å²) >= 11 is 0. The highest BCUT2D eigenvalue weighted by Crippen LogP contribution is 2.36. The maximum Gasteiger partial charge on any atom is 0.339 e. The number of likely N-dealkylation sites (tertiary alicyclic amines) is 1. The Hall–Kier alpha value is -3.35. The highest BCUT2D eigenvalue weighted by molar-refractivity contribution is 5.89. The number of fused-ring (bicyclic) bond motifs is 5. The number of hydrogen-bond donors (Lipinski definition) is 0. The van der Waals surface area contributed by atoms with Crippen LogP contribution in [0.2, 0.25) is 0 Å². The smallest absolute Gasteiger partial charge is 0.339 e. The fraction of sp³-hybridized carbons (Fsp3) is 0.423. The molecule has 1 amide bonds. The van der Waals surface area contributed by atoms with Gasteiger partial charge >= 0.3 is 5.63 Å². The fourth-order valence-electron chi connectivity index (χ4n) is 5.36. The Morgan fingerprint density at radius 2 is 1.88 bits per heavy atom. The van der Waals surface area contributed by atoms with Gasteiger partial charge < -0.3 is 18.6 Å².